The van der Waals surface area contributed by atoms with E-state index in [1.54, 1.807) is 54.6 Å². The number of benzene rings is 1. The SMILES string of the molecule is CC(C)C(=S)Nc1ccc(CCOc2cc(CN(Cc3cccc(C=O)n3)Cc3cccc(C(=O)O)n3)nc(CN(Cc3cccc(C(=O)O)n3)Cc3cccc(C(=O)O)n3)c2)cc1.CO. The van der Waals surface area contributed by atoms with Crippen molar-refractivity contribution in [2.45, 2.75) is 59.5 Å². The molecule has 5 heterocycles. The summed E-state index contributed by atoms with van der Waals surface area (Å²) in [5.41, 5.74) is 5.00. The number of hydrogen-bond acceptors (Lipinski definition) is 14. The molecule has 66 heavy (non-hydrogen) atoms. The molecule has 0 aliphatic carbocycles. The number of rotatable bonds is 22. The number of hydrogen-bond donors (Lipinski definition) is 5. The molecule has 0 aliphatic heterocycles. The number of thiocarbonyl (C=S) groups is 1. The number of carbonyl (C=O) groups excluding carboxylic acids is 1. The maximum absolute atomic E-state index is 11.8. The summed E-state index contributed by atoms with van der Waals surface area (Å²) in [6, 6.07) is 30.9. The predicted octanol–water partition coefficient (Wildman–Crippen LogP) is 6.60. The number of aromatic nitrogens is 5. The predicted molar refractivity (Wildman–Crippen MR) is 248 cm³/mol. The first kappa shape index (κ1) is 49.6. The average Bonchev–Trinajstić information content (AvgIpc) is 3.30. The lowest BCUT2D eigenvalue weighted by Gasteiger charge is -2.24. The second-order valence-corrected chi connectivity index (χ2v) is 15.6. The normalized spacial score (nSPS) is 10.9. The van der Waals surface area contributed by atoms with Crippen LogP contribution in [0.15, 0.2) is 109 Å². The Morgan fingerprint density at radius 3 is 1.42 bits per heavy atom. The van der Waals surface area contributed by atoms with Crippen molar-refractivity contribution in [2.24, 2.45) is 5.92 Å². The van der Waals surface area contributed by atoms with E-state index in [1.165, 1.54) is 18.2 Å². The number of carbonyl (C=O) groups is 4. The zero-order valence-corrected chi connectivity index (χ0v) is 37.4. The number of anilines is 1. The molecule has 0 atom stereocenters. The van der Waals surface area contributed by atoms with Gasteiger partial charge in [0, 0.05) is 76.5 Å². The molecule has 6 aromatic rings. The number of aliphatic hydroxyl groups excluding tert-OH is 1. The summed E-state index contributed by atoms with van der Waals surface area (Å²) in [6.07, 6.45) is 1.25. The van der Waals surface area contributed by atoms with Crippen molar-refractivity contribution >= 4 is 47.1 Å². The highest BCUT2D eigenvalue weighted by Crippen LogP contribution is 2.22. The molecule has 5 aromatic heterocycles. The molecule has 18 heteroatoms. The van der Waals surface area contributed by atoms with Gasteiger partial charge in [0.05, 0.1) is 45.8 Å². The van der Waals surface area contributed by atoms with Crippen molar-refractivity contribution in [3.05, 3.63) is 172 Å². The summed E-state index contributed by atoms with van der Waals surface area (Å²) in [6.45, 7) is 5.54. The van der Waals surface area contributed by atoms with Gasteiger partial charge in [0.1, 0.15) is 28.5 Å². The first-order valence-corrected chi connectivity index (χ1v) is 21.1. The van der Waals surface area contributed by atoms with Crippen molar-refractivity contribution < 1.29 is 44.3 Å². The molecule has 0 amide bonds. The first-order chi connectivity index (χ1) is 31.8. The minimum Gasteiger partial charge on any atom is -0.493 e. The summed E-state index contributed by atoms with van der Waals surface area (Å²) < 4.78 is 6.41. The summed E-state index contributed by atoms with van der Waals surface area (Å²) in [5, 5.41) is 39.2. The van der Waals surface area contributed by atoms with Crippen LogP contribution in [0.25, 0.3) is 0 Å². The first-order valence-electron chi connectivity index (χ1n) is 20.7. The maximum Gasteiger partial charge on any atom is 0.354 e. The molecular weight excluding hydrogens is 865 g/mol. The van der Waals surface area contributed by atoms with Crippen LogP contribution < -0.4 is 10.1 Å². The van der Waals surface area contributed by atoms with Crippen molar-refractivity contribution in [1.29, 1.82) is 0 Å². The van der Waals surface area contributed by atoms with Crippen LogP contribution in [0, 0.1) is 5.92 Å². The monoisotopic (exact) mass is 914 g/mol. The van der Waals surface area contributed by atoms with Crippen LogP contribution in [-0.2, 0) is 45.7 Å². The van der Waals surface area contributed by atoms with Crippen molar-refractivity contribution in [2.75, 3.05) is 19.0 Å². The number of carboxylic acid groups (broad SMARTS) is 3. The number of aromatic carboxylic acids is 3. The van der Waals surface area contributed by atoms with Gasteiger partial charge >= 0.3 is 17.9 Å². The Balaban J connectivity index is 0.00000403. The highest BCUT2D eigenvalue weighted by atomic mass is 32.1. The fourth-order valence-electron chi connectivity index (χ4n) is 6.61. The molecule has 1 aromatic carbocycles. The molecule has 0 unspecified atom stereocenters. The van der Waals surface area contributed by atoms with Gasteiger partial charge in [0.25, 0.3) is 0 Å². The lowest BCUT2D eigenvalue weighted by Crippen LogP contribution is -2.26. The number of nitrogens with zero attached hydrogens (tertiary/aromatic N) is 7. The van der Waals surface area contributed by atoms with Crippen LogP contribution in [0.2, 0.25) is 0 Å². The van der Waals surface area contributed by atoms with E-state index < -0.39 is 17.9 Å². The van der Waals surface area contributed by atoms with E-state index in [-0.39, 0.29) is 68.0 Å². The molecule has 0 bridgehead atoms. The van der Waals surface area contributed by atoms with Gasteiger partial charge in [-0.2, -0.15) is 0 Å². The third kappa shape index (κ3) is 15.4. The van der Waals surface area contributed by atoms with Crippen molar-refractivity contribution in [3.63, 3.8) is 0 Å². The largest absolute Gasteiger partial charge is 0.493 e. The summed E-state index contributed by atoms with van der Waals surface area (Å²) in [7, 11) is 1.00. The molecule has 0 saturated carbocycles. The Hall–Kier alpha value is -7.38. The quantitative estimate of drug-likeness (QED) is 0.0356. The van der Waals surface area contributed by atoms with Crippen LogP contribution in [0.5, 0.6) is 5.75 Å². The Morgan fingerprint density at radius 1 is 0.606 bits per heavy atom. The van der Waals surface area contributed by atoms with Gasteiger partial charge in [-0.15, -0.1) is 0 Å². The Morgan fingerprint density at radius 2 is 1.02 bits per heavy atom. The molecule has 17 nitrogen and oxygen atoms in total. The van der Waals surface area contributed by atoms with Gasteiger partial charge in [-0.25, -0.2) is 34.3 Å². The van der Waals surface area contributed by atoms with Crippen LogP contribution >= 0.6 is 12.2 Å². The lowest BCUT2D eigenvalue weighted by atomic mass is 10.1. The number of pyridine rings is 5. The smallest absolute Gasteiger partial charge is 0.354 e. The topological polar surface area (TPSA) is 241 Å². The fraction of sp³-hybridized carbons (Fsp3) is 0.250. The van der Waals surface area contributed by atoms with Gasteiger partial charge < -0.3 is 30.5 Å². The van der Waals surface area contributed by atoms with Gasteiger partial charge in [0.2, 0.25) is 0 Å². The van der Waals surface area contributed by atoms with Gasteiger partial charge in [-0.3, -0.25) is 19.6 Å². The standard InChI is InChI=1S/C47H46N8O8S.CH4O/c1-30(2)44(64)53-32-17-15-31(16-18-32)19-20-63-40-21-38(27-54(23-33-7-3-11-37(29-56)48-33)24-34-8-4-12-41(50-34)45(57)58)49-39(22-40)28-55(25-35-9-5-13-42(51-35)46(59)60)26-36-10-6-14-43(52-36)47(61)62;1-2/h3-18,21-22,29-30H,19-20,23-28H2,1-2H3,(H,53,64)(H,57,58)(H,59,60)(H,61,62);2H,1H3. The third-order valence-electron chi connectivity index (χ3n) is 9.65. The number of ether oxygens (including phenoxy) is 1. The zero-order valence-electron chi connectivity index (χ0n) is 36.6. The van der Waals surface area contributed by atoms with E-state index in [9.17, 15) is 34.5 Å². The van der Waals surface area contributed by atoms with Crippen molar-refractivity contribution in [3.8, 4) is 5.75 Å². The van der Waals surface area contributed by atoms with E-state index in [2.05, 4.69) is 25.3 Å². The van der Waals surface area contributed by atoms with Crippen molar-refractivity contribution in [1.82, 2.24) is 34.7 Å². The second kappa shape index (κ2) is 24.6. The lowest BCUT2D eigenvalue weighted by molar-refractivity contribution is 0.0679. The molecule has 0 spiro atoms. The third-order valence-corrected chi connectivity index (χ3v) is 10.2. The molecule has 0 fully saturated rings. The molecule has 6 rings (SSSR count). The van der Waals surface area contributed by atoms with E-state index in [1.807, 2.05) is 60.0 Å². The van der Waals surface area contributed by atoms with Crippen LogP contribution in [0.4, 0.5) is 5.69 Å². The Labute approximate surface area is 386 Å². The highest BCUT2D eigenvalue weighted by Gasteiger charge is 2.19. The molecule has 5 N–H and O–H groups in total. The Kier molecular flexibility index (Phi) is 18.5. The Bertz CT molecular complexity index is 2570. The second-order valence-electron chi connectivity index (χ2n) is 15.1. The maximum atomic E-state index is 11.8. The number of nitrogens with one attached hydrogen (secondary N) is 1. The number of carboxylic acids is 3. The number of aldehydes is 1. The van der Waals surface area contributed by atoms with E-state index in [0.29, 0.717) is 59.2 Å². The molecule has 0 radical (unpaired) electrons. The summed E-state index contributed by atoms with van der Waals surface area (Å²) in [5.74, 6) is -2.78. The highest BCUT2D eigenvalue weighted by molar-refractivity contribution is 7.80. The van der Waals surface area contributed by atoms with Gasteiger partial charge in [-0.05, 0) is 66.2 Å². The minimum atomic E-state index is -1.18. The van der Waals surface area contributed by atoms with E-state index in [0.717, 1.165) is 23.3 Å². The van der Waals surface area contributed by atoms with Gasteiger partial charge in [-0.1, -0.05) is 62.5 Å². The molecule has 0 saturated heterocycles. The van der Waals surface area contributed by atoms with Gasteiger partial charge in [0.15, 0.2) is 6.29 Å². The van der Waals surface area contributed by atoms with Crippen LogP contribution in [0.1, 0.15) is 95.5 Å². The zero-order chi connectivity index (χ0) is 47.6. The molecule has 342 valence electrons. The van der Waals surface area contributed by atoms with Crippen LogP contribution in [0.3, 0.4) is 0 Å². The fourth-order valence-corrected chi connectivity index (χ4v) is 6.73. The summed E-state index contributed by atoms with van der Waals surface area (Å²) in [4.78, 5) is 74.3. The minimum absolute atomic E-state index is 0.105. The molecule has 0 aliphatic rings. The van der Waals surface area contributed by atoms with E-state index >= 15 is 0 Å². The summed E-state index contributed by atoms with van der Waals surface area (Å²) >= 11 is 5.44. The van der Waals surface area contributed by atoms with E-state index in [4.69, 9.17) is 27.0 Å². The number of aliphatic hydroxyl groups is 1. The van der Waals surface area contributed by atoms with Crippen LogP contribution in [-0.4, -0.2) is 98.0 Å². The average molecular weight is 915 g/mol. The molecular formula is C48H50N8O9S.